The van der Waals surface area contributed by atoms with Crippen molar-refractivity contribution in [1.29, 1.82) is 0 Å². The van der Waals surface area contributed by atoms with E-state index in [1.54, 1.807) is 0 Å². The molecule has 1 atom stereocenters. The lowest BCUT2D eigenvalue weighted by atomic mass is 10.2. The second kappa shape index (κ2) is 9.40. The lowest BCUT2D eigenvalue weighted by Gasteiger charge is -2.24. The van der Waals surface area contributed by atoms with E-state index in [0.29, 0.717) is 12.6 Å². The van der Waals surface area contributed by atoms with Crippen LogP contribution in [0, 0.1) is 6.92 Å². The summed E-state index contributed by atoms with van der Waals surface area (Å²) < 4.78 is 5.71. The van der Waals surface area contributed by atoms with Crippen LogP contribution >= 0.6 is 0 Å². The molecular weight excluding hydrogens is 288 g/mol. The first-order chi connectivity index (χ1) is 11.2. The van der Waals surface area contributed by atoms with Crippen molar-refractivity contribution >= 4 is 5.96 Å². The smallest absolute Gasteiger partial charge is 0.191 e. The largest absolute Gasteiger partial charge is 0.492 e. The molecule has 1 aliphatic rings. The molecule has 1 saturated heterocycles. The minimum absolute atomic E-state index is 0.619. The van der Waals surface area contributed by atoms with Gasteiger partial charge >= 0.3 is 0 Å². The van der Waals surface area contributed by atoms with Crippen molar-refractivity contribution in [2.45, 2.75) is 32.7 Å². The van der Waals surface area contributed by atoms with Crippen LogP contribution in [-0.4, -0.2) is 56.7 Å². The molecule has 1 heterocycles. The summed E-state index contributed by atoms with van der Waals surface area (Å²) >= 11 is 0. The standard InChI is InChI=1S/C18H30N4O/c1-4-22-12-5-6-16(22)14-21-18(19-3)20-11-13-23-17-9-7-15(2)8-10-17/h7-10,16H,4-6,11-14H2,1-3H3,(H2,19,20,21). The molecule has 23 heavy (non-hydrogen) atoms. The predicted molar refractivity (Wildman–Crippen MR) is 96.3 cm³/mol. The zero-order chi connectivity index (χ0) is 16.5. The number of nitrogens with one attached hydrogen (secondary N) is 2. The maximum absolute atomic E-state index is 5.71. The van der Waals surface area contributed by atoms with E-state index in [2.05, 4.69) is 46.5 Å². The van der Waals surface area contributed by atoms with Gasteiger partial charge in [0.25, 0.3) is 0 Å². The van der Waals surface area contributed by atoms with Crippen molar-refractivity contribution in [2.75, 3.05) is 39.8 Å². The first-order valence-electron chi connectivity index (χ1n) is 8.61. The molecular formula is C18H30N4O. The molecule has 1 unspecified atom stereocenters. The van der Waals surface area contributed by atoms with Crippen molar-refractivity contribution in [3.63, 3.8) is 0 Å². The zero-order valence-corrected chi connectivity index (χ0v) is 14.6. The van der Waals surface area contributed by atoms with Crippen LogP contribution in [0.5, 0.6) is 5.75 Å². The molecule has 1 aromatic rings. The number of guanidine groups is 1. The number of hydrogen-bond donors (Lipinski definition) is 2. The van der Waals surface area contributed by atoms with Gasteiger partial charge in [-0.2, -0.15) is 0 Å². The fourth-order valence-electron chi connectivity index (χ4n) is 2.95. The van der Waals surface area contributed by atoms with Gasteiger partial charge < -0.3 is 15.4 Å². The van der Waals surface area contributed by atoms with Crippen LogP contribution in [0.25, 0.3) is 0 Å². The maximum atomic E-state index is 5.71. The summed E-state index contributed by atoms with van der Waals surface area (Å²) in [7, 11) is 1.81. The summed E-state index contributed by atoms with van der Waals surface area (Å²) in [5.41, 5.74) is 1.24. The van der Waals surface area contributed by atoms with E-state index >= 15 is 0 Å². The third-order valence-corrected chi connectivity index (χ3v) is 4.32. The van der Waals surface area contributed by atoms with Crippen LogP contribution in [0.15, 0.2) is 29.3 Å². The van der Waals surface area contributed by atoms with Gasteiger partial charge in [0.05, 0.1) is 6.54 Å². The monoisotopic (exact) mass is 318 g/mol. The highest BCUT2D eigenvalue weighted by molar-refractivity contribution is 5.79. The number of likely N-dealkylation sites (N-methyl/N-ethyl adjacent to an activating group) is 1. The summed E-state index contributed by atoms with van der Waals surface area (Å²) in [6.45, 7) is 8.96. The number of rotatable bonds is 7. The molecule has 1 fully saturated rings. The highest BCUT2D eigenvalue weighted by Gasteiger charge is 2.22. The quantitative estimate of drug-likeness (QED) is 0.459. The Hall–Kier alpha value is -1.75. The van der Waals surface area contributed by atoms with Gasteiger partial charge in [-0.15, -0.1) is 0 Å². The van der Waals surface area contributed by atoms with Gasteiger partial charge in [0.15, 0.2) is 5.96 Å². The minimum atomic E-state index is 0.619. The molecule has 0 amide bonds. The number of hydrogen-bond acceptors (Lipinski definition) is 3. The number of ether oxygens (including phenoxy) is 1. The third kappa shape index (κ3) is 5.75. The Bertz CT molecular complexity index is 486. The Labute approximate surface area is 140 Å². The van der Waals surface area contributed by atoms with Gasteiger partial charge in [0.1, 0.15) is 12.4 Å². The summed E-state index contributed by atoms with van der Waals surface area (Å²) in [5, 5.41) is 6.73. The fourth-order valence-corrected chi connectivity index (χ4v) is 2.95. The highest BCUT2D eigenvalue weighted by Crippen LogP contribution is 2.15. The van der Waals surface area contributed by atoms with Crippen LogP contribution in [0.3, 0.4) is 0 Å². The molecule has 0 radical (unpaired) electrons. The van der Waals surface area contributed by atoms with Gasteiger partial charge in [-0.05, 0) is 45.0 Å². The first kappa shape index (κ1) is 17.6. The van der Waals surface area contributed by atoms with Crippen molar-refractivity contribution in [1.82, 2.24) is 15.5 Å². The molecule has 0 aromatic heterocycles. The van der Waals surface area contributed by atoms with Crippen LogP contribution in [0.2, 0.25) is 0 Å². The van der Waals surface area contributed by atoms with Gasteiger partial charge in [-0.1, -0.05) is 24.6 Å². The molecule has 0 bridgehead atoms. The zero-order valence-electron chi connectivity index (χ0n) is 14.6. The van der Waals surface area contributed by atoms with Crippen molar-refractivity contribution in [2.24, 2.45) is 4.99 Å². The molecule has 0 spiro atoms. The Kier molecular flexibility index (Phi) is 7.20. The lowest BCUT2D eigenvalue weighted by Crippen LogP contribution is -2.45. The average molecular weight is 318 g/mol. The number of benzene rings is 1. The molecule has 2 rings (SSSR count). The Morgan fingerprint density at radius 1 is 1.30 bits per heavy atom. The van der Waals surface area contributed by atoms with Gasteiger partial charge in [0.2, 0.25) is 0 Å². The molecule has 0 aliphatic carbocycles. The van der Waals surface area contributed by atoms with E-state index in [-0.39, 0.29) is 0 Å². The van der Waals surface area contributed by atoms with Gasteiger partial charge in [-0.25, -0.2) is 0 Å². The Balaban J connectivity index is 1.64. The molecule has 2 N–H and O–H groups in total. The lowest BCUT2D eigenvalue weighted by molar-refractivity contribution is 0.266. The van der Waals surface area contributed by atoms with Crippen LogP contribution in [0.1, 0.15) is 25.3 Å². The molecule has 0 saturated carbocycles. The molecule has 5 nitrogen and oxygen atoms in total. The topological polar surface area (TPSA) is 48.9 Å². The first-order valence-corrected chi connectivity index (χ1v) is 8.61. The maximum Gasteiger partial charge on any atom is 0.191 e. The van der Waals surface area contributed by atoms with Crippen molar-refractivity contribution in [3.8, 4) is 5.75 Å². The second-order valence-corrected chi connectivity index (χ2v) is 5.97. The minimum Gasteiger partial charge on any atom is -0.492 e. The summed E-state index contributed by atoms with van der Waals surface area (Å²) in [5.74, 6) is 1.75. The molecule has 128 valence electrons. The molecule has 1 aromatic carbocycles. The second-order valence-electron chi connectivity index (χ2n) is 5.97. The Morgan fingerprint density at radius 3 is 2.78 bits per heavy atom. The van der Waals surface area contributed by atoms with Crippen molar-refractivity contribution in [3.05, 3.63) is 29.8 Å². The number of nitrogens with zero attached hydrogens (tertiary/aromatic N) is 2. The van der Waals surface area contributed by atoms with E-state index in [1.807, 2.05) is 19.2 Å². The Morgan fingerprint density at radius 2 is 2.09 bits per heavy atom. The van der Waals surface area contributed by atoms with E-state index in [1.165, 1.54) is 24.9 Å². The number of aryl methyl sites for hydroxylation is 1. The number of aliphatic imine (C=N–C) groups is 1. The average Bonchev–Trinajstić information content (AvgIpc) is 3.03. The summed E-state index contributed by atoms with van der Waals surface area (Å²) in [4.78, 5) is 6.80. The third-order valence-electron chi connectivity index (χ3n) is 4.32. The normalized spacial score (nSPS) is 18.9. The van der Waals surface area contributed by atoms with Crippen LogP contribution in [-0.2, 0) is 0 Å². The van der Waals surface area contributed by atoms with Crippen LogP contribution < -0.4 is 15.4 Å². The van der Waals surface area contributed by atoms with Crippen molar-refractivity contribution < 1.29 is 4.74 Å². The summed E-state index contributed by atoms with van der Waals surface area (Å²) in [6, 6.07) is 8.75. The highest BCUT2D eigenvalue weighted by atomic mass is 16.5. The fraction of sp³-hybridized carbons (Fsp3) is 0.611. The van der Waals surface area contributed by atoms with E-state index in [0.717, 1.165) is 31.3 Å². The SMILES string of the molecule is CCN1CCCC1CNC(=NC)NCCOc1ccc(C)cc1. The van der Waals surface area contributed by atoms with Gasteiger partial charge in [0, 0.05) is 19.6 Å². The van der Waals surface area contributed by atoms with E-state index < -0.39 is 0 Å². The molecule has 5 heteroatoms. The predicted octanol–water partition coefficient (Wildman–Crippen LogP) is 2.02. The van der Waals surface area contributed by atoms with Crippen LogP contribution in [0.4, 0.5) is 0 Å². The molecule has 1 aliphatic heterocycles. The number of likely N-dealkylation sites (tertiary alicyclic amines) is 1. The summed E-state index contributed by atoms with van der Waals surface area (Å²) in [6.07, 6.45) is 2.57. The van der Waals surface area contributed by atoms with E-state index in [9.17, 15) is 0 Å². The van der Waals surface area contributed by atoms with E-state index in [4.69, 9.17) is 4.74 Å². The van der Waals surface area contributed by atoms with Gasteiger partial charge in [-0.3, -0.25) is 9.89 Å².